The third-order valence-corrected chi connectivity index (χ3v) is 7.53. The highest BCUT2D eigenvalue weighted by Gasteiger charge is 2.38. The van der Waals surface area contributed by atoms with E-state index in [0.717, 1.165) is 16.7 Å². The summed E-state index contributed by atoms with van der Waals surface area (Å²) in [5.41, 5.74) is 11.7. The molecule has 1 aromatic rings. The van der Waals surface area contributed by atoms with Crippen molar-refractivity contribution in [1.29, 1.82) is 0 Å². The van der Waals surface area contributed by atoms with Crippen LogP contribution in [0.15, 0.2) is 45.6 Å². The van der Waals surface area contributed by atoms with Gasteiger partial charge in [0.05, 0.1) is 17.2 Å². The monoisotopic (exact) mass is 481 g/mol. The molecule has 1 aliphatic rings. The first-order valence-corrected chi connectivity index (χ1v) is 13.0. The van der Waals surface area contributed by atoms with Crippen LogP contribution in [0.4, 0.5) is 0 Å². The number of sulfonamides is 1. The Morgan fingerprint density at radius 2 is 2.03 bits per heavy atom. The van der Waals surface area contributed by atoms with Gasteiger partial charge >= 0.3 is 0 Å². The Hall–Kier alpha value is -2.37. The summed E-state index contributed by atoms with van der Waals surface area (Å²) < 4.78 is 25.2. The minimum Gasteiger partial charge on any atom is -0.370 e. The fourth-order valence-corrected chi connectivity index (χ4v) is 5.50. The van der Waals surface area contributed by atoms with Gasteiger partial charge in [-0.05, 0) is 44.2 Å². The number of rotatable bonds is 11. The molecule has 1 fully saturated rings. The second-order valence-electron chi connectivity index (χ2n) is 7.70. The fourth-order valence-electron chi connectivity index (χ4n) is 3.49. The molecule has 2 rings (SSSR count). The first-order chi connectivity index (χ1) is 15.0. The predicted octanol–water partition coefficient (Wildman–Crippen LogP) is 1.13. The van der Waals surface area contributed by atoms with Crippen LogP contribution in [0.1, 0.15) is 31.2 Å². The minimum absolute atomic E-state index is 0.0498. The number of carbonyl (C=O) groups excluding carboxylic acids is 2. The minimum atomic E-state index is -3.52. The molecule has 11 heteroatoms. The average molecular weight is 482 g/mol. The number of aliphatic imine (C=N–C) groups is 1. The predicted molar refractivity (Wildman–Crippen MR) is 128 cm³/mol. The van der Waals surface area contributed by atoms with Gasteiger partial charge < -0.3 is 16.8 Å². The van der Waals surface area contributed by atoms with Gasteiger partial charge in [0, 0.05) is 18.0 Å². The normalized spacial score (nSPS) is 17.5. The van der Waals surface area contributed by atoms with Gasteiger partial charge in [0.1, 0.15) is 6.04 Å². The van der Waals surface area contributed by atoms with Gasteiger partial charge in [0.2, 0.25) is 15.9 Å². The van der Waals surface area contributed by atoms with Crippen LogP contribution < -0.4 is 16.8 Å². The van der Waals surface area contributed by atoms with Gasteiger partial charge in [-0.1, -0.05) is 36.5 Å². The van der Waals surface area contributed by atoms with Crippen LogP contribution in [0.2, 0.25) is 0 Å². The Bertz CT molecular complexity index is 990. The molecule has 2 unspecified atom stereocenters. The van der Waals surface area contributed by atoms with Crippen LogP contribution in [-0.4, -0.2) is 61.8 Å². The smallest absolute Gasteiger partial charge is 0.239 e. The highest BCUT2D eigenvalue weighted by atomic mass is 32.2. The van der Waals surface area contributed by atoms with E-state index in [1.807, 2.05) is 31.2 Å². The molecule has 176 valence electrons. The summed E-state index contributed by atoms with van der Waals surface area (Å²) in [6, 6.07) is 5.94. The van der Waals surface area contributed by atoms with Gasteiger partial charge in [-0.25, -0.2) is 8.42 Å². The Morgan fingerprint density at radius 3 is 2.66 bits per heavy atom. The molecule has 1 amide bonds. The van der Waals surface area contributed by atoms with E-state index in [0.29, 0.717) is 32.2 Å². The van der Waals surface area contributed by atoms with Crippen molar-refractivity contribution in [2.75, 3.05) is 19.3 Å². The summed E-state index contributed by atoms with van der Waals surface area (Å²) in [7, 11) is -3.52. The molecule has 0 aliphatic carbocycles. The van der Waals surface area contributed by atoms with Crippen LogP contribution in [0.25, 0.3) is 0 Å². The molecular formula is C21H31N5O4S2. The van der Waals surface area contributed by atoms with Crippen molar-refractivity contribution in [3.63, 3.8) is 0 Å². The van der Waals surface area contributed by atoms with Crippen molar-refractivity contribution in [2.24, 2.45) is 16.5 Å². The molecule has 0 radical (unpaired) electrons. The Labute approximate surface area is 193 Å². The molecule has 2 atom stereocenters. The molecule has 1 aromatic carbocycles. The number of amides is 1. The number of benzene rings is 1. The SMILES string of the molecule is C=C(Sc1ccccc1C)C(=O)C(CCCN=C(N)N)NC(=O)C1CCCN1S(C)(=O)=O. The molecule has 1 aliphatic heterocycles. The fraction of sp³-hybridized carbons (Fsp3) is 0.476. The topological polar surface area (TPSA) is 148 Å². The number of carbonyl (C=O) groups is 2. The molecule has 0 saturated carbocycles. The summed E-state index contributed by atoms with van der Waals surface area (Å²) in [5.74, 6) is -0.854. The molecule has 0 spiro atoms. The van der Waals surface area contributed by atoms with Crippen LogP contribution in [0.5, 0.6) is 0 Å². The molecule has 1 saturated heterocycles. The number of Topliss-reactive ketones (excluding diaryl/α,β-unsaturated/α-hetero) is 1. The Balaban J connectivity index is 2.14. The zero-order valence-electron chi connectivity index (χ0n) is 18.4. The first kappa shape index (κ1) is 25.9. The van der Waals surface area contributed by atoms with E-state index in [9.17, 15) is 18.0 Å². The average Bonchev–Trinajstić information content (AvgIpc) is 3.22. The van der Waals surface area contributed by atoms with E-state index in [1.54, 1.807) is 0 Å². The second kappa shape index (κ2) is 11.5. The van der Waals surface area contributed by atoms with E-state index in [1.165, 1.54) is 16.1 Å². The van der Waals surface area contributed by atoms with Gasteiger partial charge in [0.15, 0.2) is 11.7 Å². The van der Waals surface area contributed by atoms with E-state index < -0.39 is 28.0 Å². The van der Waals surface area contributed by atoms with Gasteiger partial charge in [-0.15, -0.1) is 0 Å². The van der Waals surface area contributed by atoms with Crippen LogP contribution in [0, 0.1) is 6.92 Å². The number of nitrogens with zero attached hydrogens (tertiary/aromatic N) is 2. The highest BCUT2D eigenvalue weighted by Crippen LogP contribution is 2.30. The maximum Gasteiger partial charge on any atom is 0.239 e. The lowest BCUT2D eigenvalue weighted by Crippen LogP contribution is -2.50. The molecule has 5 N–H and O–H groups in total. The summed E-state index contributed by atoms with van der Waals surface area (Å²) in [6.07, 6.45) is 2.83. The van der Waals surface area contributed by atoms with E-state index in [2.05, 4.69) is 16.9 Å². The summed E-state index contributed by atoms with van der Waals surface area (Å²) in [4.78, 5) is 31.2. The Morgan fingerprint density at radius 1 is 1.34 bits per heavy atom. The maximum atomic E-state index is 13.2. The van der Waals surface area contributed by atoms with Gasteiger partial charge in [-0.2, -0.15) is 4.31 Å². The molecule has 0 aromatic heterocycles. The standard InChI is InChI=1S/C21H31N5O4S2/c1-14-8-4-5-11-18(14)31-15(2)19(27)16(9-6-12-24-21(22)23)25-20(28)17-10-7-13-26(17)32(3,29)30/h4-5,8,11,16-17H,2,6-7,9-10,12-13H2,1,3H3,(H,25,28)(H4,22,23,24). The van der Waals surface area contributed by atoms with Crippen molar-refractivity contribution >= 4 is 39.4 Å². The van der Waals surface area contributed by atoms with Crippen molar-refractivity contribution in [3.05, 3.63) is 41.3 Å². The molecule has 0 bridgehead atoms. The maximum absolute atomic E-state index is 13.2. The third-order valence-electron chi connectivity index (χ3n) is 5.11. The number of thioether (sulfide) groups is 1. The van der Waals surface area contributed by atoms with Gasteiger partial charge in [0.25, 0.3) is 0 Å². The Kier molecular flexibility index (Phi) is 9.29. The number of guanidine groups is 1. The second-order valence-corrected chi connectivity index (χ2v) is 10.8. The number of nitrogens with one attached hydrogen (secondary N) is 1. The number of hydrogen-bond donors (Lipinski definition) is 3. The van der Waals surface area contributed by atoms with Crippen LogP contribution in [0.3, 0.4) is 0 Å². The van der Waals surface area contributed by atoms with Crippen molar-refractivity contribution in [1.82, 2.24) is 9.62 Å². The summed E-state index contributed by atoms with van der Waals surface area (Å²) >= 11 is 1.25. The van der Waals surface area contributed by atoms with Crippen LogP contribution >= 0.6 is 11.8 Å². The molecule has 9 nitrogen and oxygen atoms in total. The van der Waals surface area contributed by atoms with E-state index in [-0.39, 0.29) is 23.2 Å². The lowest BCUT2D eigenvalue weighted by Gasteiger charge is -2.25. The van der Waals surface area contributed by atoms with Crippen LogP contribution in [-0.2, 0) is 19.6 Å². The zero-order valence-corrected chi connectivity index (χ0v) is 20.0. The third kappa shape index (κ3) is 7.35. The summed E-state index contributed by atoms with van der Waals surface area (Å²) in [6.45, 7) is 6.45. The number of nitrogens with two attached hydrogens (primary N) is 2. The quantitative estimate of drug-likeness (QED) is 0.141. The van der Waals surface area contributed by atoms with Crippen molar-refractivity contribution < 1.29 is 18.0 Å². The number of aryl methyl sites for hydroxylation is 1. The highest BCUT2D eigenvalue weighted by molar-refractivity contribution is 8.04. The molecular weight excluding hydrogens is 450 g/mol. The molecule has 1 heterocycles. The lowest BCUT2D eigenvalue weighted by atomic mass is 10.1. The first-order valence-electron chi connectivity index (χ1n) is 10.3. The largest absolute Gasteiger partial charge is 0.370 e. The van der Waals surface area contributed by atoms with E-state index >= 15 is 0 Å². The van der Waals surface area contributed by atoms with Crippen molar-refractivity contribution in [3.8, 4) is 0 Å². The number of ketones is 1. The molecule has 32 heavy (non-hydrogen) atoms. The van der Waals surface area contributed by atoms with Crippen molar-refractivity contribution in [2.45, 2.75) is 49.6 Å². The lowest BCUT2D eigenvalue weighted by molar-refractivity contribution is -0.128. The summed E-state index contributed by atoms with van der Waals surface area (Å²) in [5, 5.41) is 2.75. The van der Waals surface area contributed by atoms with E-state index in [4.69, 9.17) is 11.5 Å². The van der Waals surface area contributed by atoms with Gasteiger partial charge in [-0.3, -0.25) is 14.6 Å². The zero-order chi connectivity index (χ0) is 23.9. The number of hydrogen-bond acceptors (Lipinski definition) is 6.